The van der Waals surface area contributed by atoms with Crippen molar-refractivity contribution >= 4 is 5.97 Å². The van der Waals surface area contributed by atoms with Crippen LogP contribution < -0.4 is 5.73 Å². The molecule has 0 unspecified atom stereocenters. The Kier molecular flexibility index (Phi) is 2.90. The van der Waals surface area contributed by atoms with Crippen molar-refractivity contribution in [2.75, 3.05) is 6.61 Å². The number of esters is 1. The number of nitrogens with two attached hydrogens (primary N) is 1. The van der Waals surface area contributed by atoms with Crippen molar-refractivity contribution in [3.05, 3.63) is 17.5 Å². The van der Waals surface area contributed by atoms with Gasteiger partial charge in [-0.05, 0) is 20.8 Å². The molecular weight excluding hydrogens is 184 g/mol. The molecule has 0 aromatic carbocycles. The summed E-state index contributed by atoms with van der Waals surface area (Å²) < 4.78 is 9.54. The van der Waals surface area contributed by atoms with E-state index in [1.165, 1.54) is 6.07 Å². The lowest BCUT2D eigenvalue weighted by Gasteiger charge is -2.12. The molecule has 0 fully saturated rings. The Balaban J connectivity index is 2.83. The van der Waals surface area contributed by atoms with E-state index < -0.39 is 11.5 Å². The van der Waals surface area contributed by atoms with Crippen LogP contribution in [0.25, 0.3) is 0 Å². The molecular formula is C9H14N2O3. The van der Waals surface area contributed by atoms with E-state index in [0.717, 1.165) is 0 Å². The molecule has 0 aliphatic carbocycles. The van der Waals surface area contributed by atoms with Crippen LogP contribution in [0.5, 0.6) is 0 Å². The van der Waals surface area contributed by atoms with Crippen LogP contribution in [0.4, 0.5) is 0 Å². The van der Waals surface area contributed by atoms with E-state index >= 15 is 0 Å². The van der Waals surface area contributed by atoms with Crippen molar-refractivity contribution in [3.63, 3.8) is 0 Å². The number of hydrogen-bond acceptors (Lipinski definition) is 5. The van der Waals surface area contributed by atoms with Gasteiger partial charge in [0.25, 0.3) is 0 Å². The Labute approximate surface area is 82.2 Å². The largest absolute Gasteiger partial charge is 0.460 e. The first-order chi connectivity index (χ1) is 6.45. The van der Waals surface area contributed by atoms with E-state index in [2.05, 4.69) is 5.16 Å². The van der Waals surface area contributed by atoms with E-state index in [-0.39, 0.29) is 5.76 Å². The first-order valence-corrected chi connectivity index (χ1v) is 4.38. The number of hydrogen-bond donors (Lipinski definition) is 1. The molecule has 14 heavy (non-hydrogen) atoms. The summed E-state index contributed by atoms with van der Waals surface area (Å²) in [5.41, 5.74) is 5.68. The van der Waals surface area contributed by atoms with Crippen LogP contribution in [0.2, 0.25) is 0 Å². The van der Waals surface area contributed by atoms with E-state index in [1.54, 1.807) is 20.8 Å². The number of rotatable bonds is 3. The van der Waals surface area contributed by atoms with E-state index in [0.29, 0.717) is 12.3 Å². The van der Waals surface area contributed by atoms with Crippen molar-refractivity contribution in [1.82, 2.24) is 5.16 Å². The molecule has 1 aromatic heterocycles. The summed E-state index contributed by atoms with van der Waals surface area (Å²) in [5.74, 6) is -0.434. The van der Waals surface area contributed by atoms with Gasteiger partial charge in [0, 0.05) is 6.07 Å². The minimum Gasteiger partial charge on any atom is -0.460 e. The first-order valence-electron chi connectivity index (χ1n) is 4.38. The molecule has 2 N–H and O–H groups in total. The van der Waals surface area contributed by atoms with Gasteiger partial charge in [0.1, 0.15) is 5.69 Å². The number of ether oxygens (including phenoxy) is 1. The second-order valence-corrected chi connectivity index (χ2v) is 3.52. The molecule has 0 saturated heterocycles. The SMILES string of the molecule is CCOC(=O)c1cc(C(C)(C)N)no1. The van der Waals surface area contributed by atoms with Crippen molar-refractivity contribution in [1.29, 1.82) is 0 Å². The normalized spacial score (nSPS) is 11.4. The number of carbonyl (C=O) groups excluding carboxylic acids is 1. The Morgan fingerprint density at radius 3 is 2.79 bits per heavy atom. The monoisotopic (exact) mass is 198 g/mol. The molecule has 0 saturated carbocycles. The van der Waals surface area contributed by atoms with Crippen LogP contribution >= 0.6 is 0 Å². The first kappa shape index (κ1) is 10.7. The molecule has 0 aliphatic rings. The van der Waals surface area contributed by atoms with Gasteiger partial charge in [-0.3, -0.25) is 0 Å². The third-order valence-corrected chi connectivity index (χ3v) is 1.65. The van der Waals surface area contributed by atoms with Gasteiger partial charge in [0.15, 0.2) is 0 Å². The molecule has 1 heterocycles. The van der Waals surface area contributed by atoms with Crippen LogP contribution in [0, 0.1) is 0 Å². The van der Waals surface area contributed by atoms with Crippen LogP contribution in [0.15, 0.2) is 10.6 Å². The molecule has 5 nitrogen and oxygen atoms in total. The van der Waals surface area contributed by atoms with Crippen LogP contribution in [0.1, 0.15) is 37.0 Å². The van der Waals surface area contributed by atoms with E-state index in [1.807, 2.05) is 0 Å². The lowest BCUT2D eigenvalue weighted by atomic mass is 10.0. The van der Waals surface area contributed by atoms with Gasteiger partial charge in [0.2, 0.25) is 5.76 Å². The average molecular weight is 198 g/mol. The lowest BCUT2D eigenvalue weighted by Crippen LogP contribution is -2.28. The van der Waals surface area contributed by atoms with Gasteiger partial charge in [-0.15, -0.1) is 0 Å². The summed E-state index contributed by atoms with van der Waals surface area (Å²) in [7, 11) is 0. The third kappa shape index (κ3) is 2.32. The van der Waals surface area contributed by atoms with Crippen LogP contribution in [-0.4, -0.2) is 17.7 Å². The highest BCUT2D eigenvalue weighted by atomic mass is 16.6. The van der Waals surface area contributed by atoms with E-state index in [9.17, 15) is 4.79 Å². The fraction of sp³-hybridized carbons (Fsp3) is 0.556. The van der Waals surface area contributed by atoms with Gasteiger partial charge in [-0.25, -0.2) is 4.79 Å². The zero-order valence-corrected chi connectivity index (χ0v) is 8.53. The lowest BCUT2D eigenvalue weighted by molar-refractivity contribution is 0.0479. The maximum atomic E-state index is 11.2. The molecule has 0 amide bonds. The molecule has 1 aromatic rings. The number of carbonyl (C=O) groups is 1. The smallest absolute Gasteiger partial charge is 0.377 e. The Morgan fingerprint density at radius 2 is 2.36 bits per heavy atom. The van der Waals surface area contributed by atoms with Gasteiger partial charge in [-0.2, -0.15) is 0 Å². The van der Waals surface area contributed by atoms with Crippen molar-refractivity contribution in [2.24, 2.45) is 5.73 Å². The summed E-state index contributed by atoms with van der Waals surface area (Å²) in [6.07, 6.45) is 0. The van der Waals surface area contributed by atoms with Crippen molar-refractivity contribution < 1.29 is 14.1 Å². The highest BCUT2D eigenvalue weighted by Gasteiger charge is 2.22. The van der Waals surface area contributed by atoms with Gasteiger partial charge in [-0.1, -0.05) is 5.16 Å². The third-order valence-electron chi connectivity index (χ3n) is 1.65. The standard InChI is InChI=1S/C9H14N2O3/c1-4-13-8(12)6-5-7(11-14-6)9(2,3)10/h5H,4,10H2,1-3H3. The predicted octanol–water partition coefficient (Wildman–Crippen LogP) is 1.05. The summed E-state index contributed by atoms with van der Waals surface area (Å²) in [6, 6.07) is 1.50. The van der Waals surface area contributed by atoms with Gasteiger partial charge < -0.3 is 15.0 Å². The predicted molar refractivity (Wildman–Crippen MR) is 49.7 cm³/mol. The molecule has 5 heteroatoms. The Hall–Kier alpha value is -1.36. The number of aromatic nitrogens is 1. The molecule has 0 atom stereocenters. The van der Waals surface area contributed by atoms with Crippen molar-refractivity contribution in [2.45, 2.75) is 26.3 Å². The second kappa shape index (κ2) is 3.79. The molecule has 0 radical (unpaired) electrons. The summed E-state index contributed by atoms with van der Waals surface area (Å²) in [6.45, 7) is 5.59. The maximum absolute atomic E-state index is 11.2. The van der Waals surface area contributed by atoms with Crippen LogP contribution in [0.3, 0.4) is 0 Å². The van der Waals surface area contributed by atoms with E-state index in [4.69, 9.17) is 15.0 Å². The topological polar surface area (TPSA) is 78.4 Å². The second-order valence-electron chi connectivity index (χ2n) is 3.52. The molecule has 78 valence electrons. The fourth-order valence-corrected chi connectivity index (χ4v) is 0.877. The van der Waals surface area contributed by atoms with Crippen molar-refractivity contribution in [3.8, 4) is 0 Å². The summed E-state index contributed by atoms with van der Waals surface area (Å²) in [5, 5.41) is 3.69. The average Bonchev–Trinajstić information content (AvgIpc) is 2.51. The Bertz CT molecular complexity index is 325. The number of nitrogens with zero attached hydrogens (tertiary/aromatic N) is 1. The maximum Gasteiger partial charge on any atom is 0.377 e. The molecule has 0 bridgehead atoms. The highest BCUT2D eigenvalue weighted by molar-refractivity contribution is 5.86. The van der Waals surface area contributed by atoms with Crippen LogP contribution in [-0.2, 0) is 10.3 Å². The minimum atomic E-state index is -0.617. The van der Waals surface area contributed by atoms with Gasteiger partial charge >= 0.3 is 5.97 Å². The van der Waals surface area contributed by atoms with Gasteiger partial charge in [0.05, 0.1) is 12.1 Å². The molecule has 1 rings (SSSR count). The molecule has 0 aliphatic heterocycles. The quantitative estimate of drug-likeness (QED) is 0.734. The molecule has 0 spiro atoms. The summed E-state index contributed by atoms with van der Waals surface area (Å²) in [4.78, 5) is 11.2. The fourth-order valence-electron chi connectivity index (χ4n) is 0.877. The zero-order valence-electron chi connectivity index (χ0n) is 8.53. The minimum absolute atomic E-state index is 0.0837. The zero-order chi connectivity index (χ0) is 10.8. The highest BCUT2D eigenvalue weighted by Crippen LogP contribution is 2.16. The Morgan fingerprint density at radius 1 is 1.71 bits per heavy atom. The summed E-state index contributed by atoms with van der Waals surface area (Å²) >= 11 is 0.